The first-order chi connectivity index (χ1) is 7.35. The zero-order valence-electron chi connectivity index (χ0n) is 9.03. The molecule has 0 fully saturated rings. The Morgan fingerprint density at radius 2 is 2.07 bits per heavy atom. The van der Waals surface area contributed by atoms with Crippen molar-refractivity contribution in [3.63, 3.8) is 0 Å². The molecule has 0 aliphatic rings. The second kappa shape index (κ2) is 4.26. The molecule has 3 heteroatoms. The van der Waals surface area contributed by atoms with E-state index >= 15 is 0 Å². The van der Waals surface area contributed by atoms with Gasteiger partial charge in [-0.1, -0.05) is 13.0 Å². The van der Waals surface area contributed by atoms with Gasteiger partial charge in [-0.2, -0.15) is 0 Å². The van der Waals surface area contributed by atoms with Gasteiger partial charge in [0.2, 0.25) is 5.88 Å². The molecule has 0 N–H and O–H groups in total. The summed E-state index contributed by atoms with van der Waals surface area (Å²) in [6, 6.07) is 6.20. The van der Waals surface area contributed by atoms with Crippen LogP contribution < -0.4 is 4.74 Å². The Kier molecular flexibility index (Phi) is 2.81. The topological polar surface area (TPSA) is 35.0 Å². The lowest BCUT2D eigenvalue weighted by Crippen LogP contribution is -1.96. The van der Waals surface area contributed by atoms with Gasteiger partial charge in [-0.25, -0.2) is 9.97 Å². The van der Waals surface area contributed by atoms with E-state index in [1.165, 1.54) is 5.56 Å². The number of benzene rings is 1. The van der Waals surface area contributed by atoms with Crippen LogP contribution in [-0.4, -0.2) is 16.6 Å². The lowest BCUT2D eigenvalue weighted by Gasteiger charge is -2.06. The number of rotatable bonds is 3. The number of ether oxygens (including phenoxy) is 1. The zero-order chi connectivity index (χ0) is 10.7. The average molecular weight is 202 g/mol. The monoisotopic (exact) mass is 202 g/mol. The summed E-state index contributed by atoms with van der Waals surface area (Å²) in [6.45, 7) is 4.71. The molecule has 0 aliphatic heterocycles. The molecule has 78 valence electrons. The number of hydrogen-bond donors (Lipinski definition) is 0. The molecule has 1 heterocycles. The fraction of sp³-hybridized carbons (Fsp3) is 0.333. The summed E-state index contributed by atoms with van der Waals surface area (Å²) in [5.41, 5.74) is 2.21. The van der Waals surface area contributed by atoms with E-state index in [1.54, 1.807) is 6.33 Å². The molecule has 0 saturated heterocycles. The molecule has 2 rings (SSSR count). The highest BCUT2D eigenvalue weighted by Crippen LogP contribution is 2.22. The van der Waals surface area contributed by atoms with Crippen molar-refractivity contribution in [1.29, 1.82) is 0 Å². The molecule has 1 aromatic carbocycles. The van der Waals surface area contributed by atoms with Gasteiger partial charge in [0, 0.05) is 0 Å². The van der Waals surface area contributed by atoms with Gasteiger partial charge < -0.3 is 4.74 Å². The van der Waals surface area contributed by atoms with Gasteiger partial charge in [0.15, 0.2) is 0 Å². The van der Waals surface area contributed by atoms with Gasteiger partial charge in [-0.15, -0.1) is 0 Å². The van der Waals surface area contributed by atoms with Gasteiger partial charge in [-0.3, -0.25) is 0 Å². The van der Waals surface area contributed by atoms with Crippen LogP contribution >= 0.6 is 0 Å². The number of aromatic nitrogens is 2. The van der Waals surface area contributed by atoms with E-state index in [0.717, 1.165) is 17.3 Å². The Bertz CT molecular complexity index is 468. The van der Waals surface area contributed by atoms with Gasteiger partial charge >= 0.3 is 0 Å². The third kappa shape index (κ3) is 1.91. The number of nitrogens with zero attached hydrogens (tertiary/aromatic N) is 2. The van der Waals surface area contributed by atoms with Crippen molar-refractivity contribution >= 4 is 10.9 Å². The van der Waals surface area contributed by atoms with Gasteiger partial charge in [-0.05, 0) is 31.0 Å². The van der Waals surface area contributed by atoms with Crippen molar-refractivity contribution in [3.05, 3.63) is 30.1 Å². The van der Waals surface area contributed by atoms with Crippen LogP contribution in [0.1, 0.15) is 19.4 Å². The van der Waals surface area contributed by atoms with E-state index in [-0.39, 0.29) is 0 Å². The Labute approximate surface area is 89.1 Å². The maximum atomic E-state index is 5.47. The number of aryl methyl sites for hydroxylation is 1. The zero-order valence-corrected chi connectivity index (χ0v) is 9.03. The van der Waals surface area contributed by atoms with Crippen LogP contribution in [0.15, 0.2) is 24.5 Å². The minimum Gasteiger partial charge on any atom is -0.477 e. The lowest BCUT2D eigenvalue weighted by atomic mass is 10.1. The van der Waals surface area contributed by atoms with Crippen molar-refractivity contribution in [2.45, 2.75) is 20.3 Å². The average Bonchev–Trinajstić information content (AvgIpc) is 2.29. The molecule has 0 radical (unpaired) electrons. The Morgan fingerprint density at radius 3 is 2.80 bits per heavy atom. The molecular formula is C12H14N2O. The highest BCUT2D eigenvalue weighted by atomic mass is 16.5. The van der Waals surface area contributed by atoms with Crippen LogP contribution in [0.2, 0.25) is 0 Å². The van der Waals surface area contributed by atoms with E-state index in [2.05, 4.69) is 29.0 Å². The van der Waals surface area contributed by atoms with Gasteiger partial charge in [0.25, 0.3) is 0 Å². The normalized spacial score (nSPS) is 10.5. The summed E-state index contributed by atoms with van der Waals surface area (Å²) in [6.07, 6.45) is 2.55. The maximum Gasteiger partial charge on any atom is 0.224 e. The van der Waals surface area contributed by atoms with Crippen LogP contribution in [0.3, 0.4) is 0 Å². The Morgan fingerprint density at radius 1 is 1.20 bits per heavy atom. The SMILES string of the molecule is CCOc1ncnc2ccc(CC)cc12. The lowest BCUT2D eigenvalue weighted by molar-refractivity contribution is 0.331. The summed E-state index contributed by atoms with van der Waals surface area (Å²) in [5, 5.41) is 0.999. The quantitative estimate of drug-likeness (QED) is 0.767. The predicted octanol–water partition coefficient (Wildman–Crippen LogP) is 2.59. The maximum absolute atomic E-state index is 5.47. The number of fused-ring (bicyclic) bond motifs is 1. The van der Waals surface area contributed by atoms with E-state index in [1.807, 2.05) is 13.0 Å². The van der Waals surface area contributed by atoms with Crippen LogP contribution in [0.4, 0.5) is 0 Å². The van der Waals surface area contributed by atoms with E-state index in [9.17, 15) is 0 Å². The van der Waals surface area contributed by atoms with E-state index < -0.39 is 0 Å². The van der Waals surface area contributed by atoms with E-state index in [4.69, 9.17) is 4.74 Å². The third-order valence-corrected chi connectivity index (χ3v) is 2.35. The summed E-state index contributed by atoms with van der Waals surface area (Å²) >= 11 is 0. The van der Waals surface area contributed by atoms with E-state index in [0.29, 0.717) is 12.5 Å². The Balaban J connectivity index is 2.59. The molecule has 0 amide bonds. The van der Waals surface area contributed by atoms with Crippen molar-refractivity contribution in [2.24, 2.45) is 0 Å². The summed E-state index contributed by atoms with van der Waals surface area (Å²) in [4.78, 5) is 8.35. The molecule has 0 atom stereocenters. The smallest absolute Gasteiger partial charge is 0.224 e. The summed E-state index contributed by atoms with van der Waals surface area (Å²) in [7, 11) is 0. The summed E-state index contributed by atoms with van der Waals surface area (Å²) < 4.78 is 5.47. The fourth-order valence-corrected chi connectivity index (χ4v) is 1.55. The molecular weight excluding hydrogens is 188 g/mol. The summed E-state index contributed by atoms with van der Waals surface area (Å²) in [5.74, 6) is 0.679. The van der Waals surface area contributed by atoms with Crippen LogP contribution in [0, 0.1) is 0 Å². The first-order valence-corrected chi connectivity index (χ1v) is 5.21. The Hall–Kier alpha value is -1.64. The molecule has 15 heavy (non-hydrogen) atoms. The van der Waals surface area contributed by atoms with Crippen molar-refractivity contribution in [3.8, 4) is 5.88 Å². The second-order valence-electron chi connectivity index (χ2n) is 3.32. The van der Waals surface area contributed by atoms with Crippen LogP contribution in [-0.2, 0) is 6.42 Å². The first-order valence-electron chi connectivity index (χ1n) is 5.21. The van der Waals surface area contributed by atoms with Crippen molar-refractivity contribution in [2.75, 3.05) is 6.61 Å². The molecule has 0 saturated carbocycles. The molecule has 0 spiro atoms. The fourth-order valence-electron chi connectivity index (χ4n) is 1.55. The molecule has 3 nitrogen and oxygen atoms in total. The standard InChI is InChI=1S/C12H14N2O/c1-3-9-5-6-11-10(7-9)12(15-4-2)14-8-13-11/h5-8H,3-4H2,1-2H3. The minimum absolute atomic E-state index is 0.627. The second-order valence-corrected chi connectivity index (χ2v) is 3.32. The minimum atomic E-state index is 0.627. The molecule has 1 aromatic heterocycles. The molecule has 0 unspecified atom stereocenters. The highest BCUT2D eigenvalue weighted by molar-refractivity contribution is 5.83. The van der Waals surface area contributed by atoms with Gasteiger partial charge in [0.05, 0.1) is 17.5 Å². The first kappa shape index (κ1) is 9.90. The third-order valence-electron chi connectivity index (χ3n) is 2.35. The van der Waals surface area contributed by atoms with Crippen LogP contribution in [0.25, 0.3) is 10.9 Å². The largest absolute Gasteiger partial charge is 0.477 e. The van der Waals surface area contributed by atoms with Crippen LogP contribution in [0.5, 0.6) is 5.88 Å². The van der Waals surface area contributed by atoms with Crippen molar-refractivity contribution < 1.29 is 4.74 Å². The van der Waals surface area contributed by atoms with Gasteiger partial charge in [0.1, 0.15) is 6.33 Å². The predicted molar refractivity (Wildman–Crippen MR) is 60.1 cm³/mol. The van der Waals surface area contributed by atoms with Crippen molar-refractivity contribution in [1.82, 2.24) is 9.97 Å². The number of hydrogen-bond acceptors (Lipinski definition) is 3. The molecule has 2 aromatic rings. The molecule has 0 bridgehead atoms. The molecule has 0 aliphatic carbocycles. The highest BCUT2D eigenvalue weighted by Gasteiger charge is 2.04.